The third-order valence-electron chi connectivity index (χ3n) is 3.96. The first-order chi connectivity index (χ1) is 13.5. The number of benzene rings is 2. The van der Waals surface area contributed by atoms with E-state index in [0.717, 1.165) is 5.56 Å². The zero-order valence-electron chi connectivity index (χ0n) is 15.2. The van der Waals surface area contributed by atoms with Crippen molar-refractivity contribution < 1.29 is 18.7 Å². The van der Waals surface area contributed by atoms with Gasteiger partial charge in [0.15, 0.2) is 12.4 Å². The molecule has 1 N–H and O–H groups in total. The molecule has 6 nitrogen and oxygen atoms in total. The molecule has 1 aromatic heterocycles. The highest BCUT2D eigenvalue weighted by molar-refractivity contribution is 6.30. The van der Waals surface area contributed by atoms with Crippen LogP contribution in [0.25, 0.3) is 0 Å². The van der Waals surface area contributed by atoms with Gasteiger partial charge in [-0.2, -0.15) is 0 Å². The van der Waals surface area contributed by atoms with Crippen molar-refractivity contribution in [3.05, 3.63) is 83.3 Å². The lowest BCUT2D eigenvalue weighted by atomic mass is 10.2. The zero-order chi connectivity index (χ0) is 19.9. The molecule has 0 bridgehead atoms. The zero-order valence-corrected chi connectivity index (χ0v) is 16.0. The Labute approximate surface area is 167 Å². The molecule has 0 aliphatic rings. The van der Waals surface area contributed by atoms with E-state index >= 15 is 0 Å². The van der Waals surface area contributed by atoms with Gasteiger partial charge in [0.05, 0.1) is 6.26 Å². The Bertz CT molecular complexity index is 939. The van der Waals surface area contributed by atoms with E-state index in [4.69, 9.17) is 20.8 Å². The van der Waals surface area contributed by atoms with E-state index in [1.165, 1.54) is 6.26 Å². The highest BCUT2D eigenvalue weighted by Crippen LogP contribution is 2.18. The number of ether oxygens (including phenoxy) is 1. The molecule has 2 amide bonds. The van der Waals surface area contributed by atoms with E-state index in [1.54, 1.807) is 60.5 Å². The number of halogens is 1. The lowest BCUT2D eigenvalue weighted by Gasteiger charge is -2.18. The molecule has 0 saturated carbocycles. The molecule has 0 radical (unpaired) electrons. The van der Waals surface area contributed by atoms with Crippen LogP contribution in [0.15, 0.2) is 71.3 Å². The summed E-state index contributed by atoms with van der Waals surface area (Å²) in [7, 11) is 1.71. The van der Waals surface area contributed by atoms with Gasteiger partial charge in [0.1, 0.15) is 5.75 Å². The largest absolute Gasteiger partial charge is 0.484 e. The summed E-state index contributed by atoms with van der Waals surface area (Å²) in [6.07, 6.45) is 1.43. The van der Waals surface area contributed by atoms with Crippen molar-refractivity contribution in [2.75, 3.05) is 19.0 Å². The van der Waals surface area contributed by atoms with Crippen LogP contribution in [0, 0.1) is 0 Å². The molecule has 7 heteroatoms. The van der Waals surface area contributed by atoms with Crippen molar-refractivity contribution in [3.63, 3.8) is 0 Å². The average molecular weight is 399 g/mol. The van der Waals surface area contributed by atoms with Gasteiger partial charge in [0.2, 0.25) is 0 Å². The fourth-order valence-corrected chi connectivity index (χ4v) is 2.60. The first-order valence-corrected chi connectivity index (χ1v) is 8.95. The number of amides is 2. The van der Waals surface area contributed by atoms with Crippen LogP contribution in [-0.2, 0) is 11.3 Å². The molecule has 0 spiro atoms. The second-order valence-corrected chi connectivity index (χ2v) is 6.56. The number of rotatable bonds is 7. The number of nitrogens with one attached hydrogen (secondary N) is 1. The topological polar surface area (TPSA) is 71.8 Å². The summed E-state index contributed by atoms with van der Waals surface area (Å²) in [5, 5.41) is 3.37. The molecule has 0 saturated heterocycles. The maximum Gasteiger partial charge on any atom is 0.291 e. The lowest BCUT2D eigenvalue weighted by molar-refractivity contribution is -0.132. The van der Waals surface area contributed by atoms with Crippen molar-refractivity contribution in [1.29, 1.82) is 0 Å². The van der Waals surface area contributed by atoms with Crippen LogP contribution in [-0.4, -0.2) is 30.4 Å². The molecule has 0 atom stereocenters. The standard InChI is InChI=1S/C21H19ClN2O4/c1-24(13-15-7-9-16(22)10-8-15)20(25)14-28-18-5-2-4-17(12-18)23-21(26)19-6-3-11-27-19/h2-12H,13-14H2,1H3,(H,23,26). The van der Waals surface area contributed by atoms with Gasteiger partial charge < -0.3 is 19.4 Å². The van der Waals surface area contributed by atoms with Crippen LogP contribution in [0.5, 0.6) is 5.75 Å². The SMILES string of the molecule is CN(Cc1ccc(Cl)cc1)C(=O)COc1cccc(NC(=O)c2ccco2)c1. The van der Waals surface area contributed by atoms with Gasteiger partial charge in [-0.15, -0.1) is 0 Å². The summed E-state index contributed by atoms with van der Waals surface area (Å²) in [6.45, 7) is 0.346. The summed E-state index contributed by atoms with van der Waals surface area (Å²) in [5.74, 6) is 0.164. The van der Waals surface area contributed by atoms with Crippen molar-refractivity contribution >= 4 is 29.1 Å². The molecule has 0 unspecified atom stereocenters. The smallest absolute Gasteiger partial charge is 0.291 e. The van der Waals surface area contributed by atoms with Gasteiger partial charge in [0.25, 0.3) is 11.8 Å². The van der Waals surface area contributed by atoms with Gasteiger partial charge in [-0.3, -0.25) is 9.59 Å². The predicted octanol–water partition coefficient (Wildman–Crippen LogP) is 4.22. The number of nitrogens with zero attached hydrogens (tertiary/aromatic N) is 1. The molecule has 3 aromatic rings. The molecular weight excluding hydrogens is 380 g/mol. The Morgan fingerprint density at radius 3 is 2.61 bits per heavy atom. The van der Waals surface area contributed by atoms with Crippen LogP contribution >= 0.6 is 11.6 Å². The molecular formula is C21H19ClN2O4. The second kappa shape index (κ2) is 9.10. The monoisotopic (exact) mass is 398 g/mol. The molecule has 0 fully saturated rings. The maximum atomic E-state index is 12.3. The Balaban J connectivity index is 1.53. The van der Waals surface area contributed by atoms with Crippen molar-refractivity contribution in [3.8, 4) is 5.75 Å². The van der Waals surface area contributed by atoms with Gasteiger partial charge in [-0.1, -0.05) is 29.8 Å². The molecule has 28 heavy (non-hydrogen) atoms. The molecule has 0 aliphatic heterocycles. The Hall–Kier alpha value is -3.25. The normalized spacial score (nSPS) is 10.4. The van der Waals surface area contributed by atoms with Crippen molar-refractivity contribution in [2.45, 2.75) is 6.54 Å². The average Bonchev–Trinajstić information content (AvgIpc) is 3.23. The number of hydrogen-bond acceptors (Lipinski definition) is 4. The minimum Gasteiger partial charge on any atom is -0.484 e. The number of furan rings is 1. The highest BCUT2D eigenvalue weighted by atomic mass is 35.5. The fourth-order valence-electron chi connectivity index (χ4n) is 2.47. The van der Waals surface area contributed by atoms with E-state index in [-0.39, 0.29) is 24.2 Å². The van der Waals surface area contributed by atoms with Gasteiger partial charge in [-0.05, 0) is 42.0 Å². The van der Waals surface area contributed by atoms with Crippen LogP contribution in [0.2, 0.25) is 5.02 Å². The summed E-state index contributed by atoms with van der Waals surface area (Å²) < 4.78 is 10.6. The highest BCUT2D eigenvalue weighted by Gasteiger charge is 2.12. The maximum absolute atomic E-state index is 12.3. The quantitative estimate of drug-likeness (QED) is 0.646. The first kappa shape index (κ1) is 19.5. The molecule has 2 aromatic carbocycles. The molecule has 0 aliphatic carbocycles. The van der Waals surface area contributed by atoms with E-state index in [9.17, 15) is 9.59 Å². The molecule has 1 heterocycles. The second-order valence-electron chi connectivity index (χ2n) is 6.12. The lowest BCUT2D eigenvalue weighted by Crippen LogP contribution is -2.30. The van der Waals surface area contributed by atoms with Crippen molar-refractivity contribution in [1.82, 2.24) is 4.90 Å². The van der Waals surface area contributed by atoms with Gasteiger partial charge >= 0.3 is 0 Å². The van der Waals surface area contributed by atoms with Crippen LogP contribution in [0.3, 0.4) is 0 Å². The molecule has 3 rings (SSSR count). The summed E-state index contributed by atoms with van der Waals surface area (Å²) in [5.41, 5.74) is 1.52. The number of carbonyl (C=O) groups excluding carboxylic acids is 2. The minimum absolute atomic E-state index is 0.111. The van der Waals surface area contributed by atoms with Crippen molar-refractivity contribution in [2.24, 2.45) is 0 Å². The van der Waals surface area contributed by atoms with Gasteiger partial charge in [0, 0.05) is 30.4 Å². The van der Waals surface area contributed by atoms with Crippen LogP contribution in [0.1, 0.15) is 16.1 Å². The Kier molecular flexibility index (Phi) is 6.34. The third-order valence-corrected chi connectivity index (χ3v) is 4.21. The van der Waals surface area contributed by atoms with E-state index in [1.807, 2.05) is 12.1 Å². The van der Waals surface area contributed by atoms with Crippen LogP contribution < -0.4 is 10.1 Å². The van der Waals surface area contributed by atoms with E-state index in [2.05, 4.69) is 5.32 Å². The number of carbonyl (C=O) groups is 2. The van der Waals surface area contributed by atoms with Crippen LogP contribution in [0.4, 0.5) is 5.69 Å². The number of hydrogen-bond donors (Lipinski definition) is 1. The van der Waals surface area contributed by atoms with E-state index < -0.39 is 0 Å². The molecule has 144 valence electrons. The Morgan fingerprint density at radius 2 is 1.89 bits per heavy atom. The summed E-state index contributed by atoms with van der Waals surface area (Å²) >= 11 is 5.87. The summed E-state index contributed by atoms with van der Waals surface area (Å²) in [6, 6.07) is 17.4. The number of anilines is 1. The van der Waals surface area contributed by atoms with Gasteiger partial charge in [-0.25, -0.2) is 0 Å². The van der Waals surface area contributed by atoms with E-state index in [0.29, 0.717) is 23.0 Å². The summed E-state index contributed by atoms with van der Waals surface area (Å²) in [4.78, 5) is 25.9. The third kappa shape index (κ3) is 5.37. The Morgan fingerprint density at radius 1 is 1.11 bits per heavy atom. The fraction of sp³-hybridized carbons (Fsp3) is 0.143. The minimum atomic E-state index is -0.360. The predicted molar refractivity (Wildman–Crippen MR) is 107 cm³/mol. The number of likely N-dealkylation sites (N-methyl/N-ethyl adjacent to an activating group) is 1. The first-order valence-electron chi connectivity index (χ1n) is 8.57.